The standard InChI is InChI=1S/C14H23NO2/c1-8(2)11(14(5,6)7)13-15-12(9(3)16)10(4)17-13/h8,11H,1-7H3. The number of oxazole rings is 1. The van der Waals surface area contributed by atoms with Gasteiger partial charge in [0.15, 0.2) is 11.7 Å². The van der Waals surface area contributed by atoms with E-state index in [0.29, 0.717) is 23.3 Å². The van der Waals surface area contributed by atoms with E-state index in [4.69, 9.17) is 4.42 Å². The van der Waals surface area contributed by atoms with Gasteiger partial charge in [-0.3, -0.25) is 4.79 Å². The second-order valence-corrected chi connectivity index (χ2v) is 6.10. The van der Waals surface area contributed by atoms with E-state index in [1.54, 1.807) is 6.92 Å². The SMILES string of the molecule is CC(=O)c1nc(C(C(C)C)C(C)(C)C)oc1C. The van der Waals surface area contributed by atoms with Gasteiger partial charge < -0.3 is 4.42 Å². The van der Waals surface area contributed by atoms with Crippen LogP contribution in [0.1, 0.15) is 69.6 Å². The molecule has 0 N–H and O–H groups in total. The van der Waals surface area contributed by atoms with Crippen LogP contribution in [0.25, 0.3) is 0 Å². The van der Waals surface area contributed by atoms with Gasteiger partial charge in [0.05, 0.1) is 0 Å². The van der Waals surface area contributed by atoms with Crippen molar-refractivity contribution in [2.45, 2.75) is 54.4 Å². The number of rotatable bonds is 3. The average Bonchev–Trinajstić information content (AvgIpc) is 2.43. The van der Waals surface area contributed by atoms with Crippen molar-refractivity contribution in [1.29, 1.82) is 0 Å². The van der Waals surface area contributed by atoms with Crippen LogP contribution in [0.2, 0.25) is 0 Å². The lowest BCUT2D eigenvalue weighted by atomic mass is 9.74. The number of Topliss-reactive ketones (excluding diaryl/α,β-unsaturated/α-hetero) is 1. The van der Waals surface area contributed by atoms with Gasteiger partial charge in [-0.1, -0.05) is 34.6 Å². The van der Waals surface area contributed by atoms with Crippen LogP contribution in [-0.2, 0) is 0 Å². The van der Waals surface area contributed by atoms with E-state index in [-0.39, 0.29) is 17.1 Å². The van der Waals surface area contributed by atoms with Crippen LogP contribution >= 0.6 is 0 Å². The maximum atomic E-state index is 11.4. The Balaban J connectivity index is 3.21. The first-order chi connectivity index (χ1) is 7.64. The minimum absolute atomic E-state index is 0.0334. The van der Waals surface area contributed by atoms with E-state index in [1.165, 1.54) is 6.92 Å². The van der Waals surface area contributed by atoms with Gasteiger partial charge in [0.1, 0.15) is 11.5 Å². The van der Waals surface area contributed by atoms with Crippen molar-refractivity contribution >= 4 is 5.78 Å². The number of carbonyl (C=O) groups excluding carboxylic acids is 1. The van der Waals surface area contributed by atoms with E-state index in [9.17, 15) is 4.79 Å². The summed E-state index contributed by atoms with van der Waals surface area (Å²) in [6, 6.07) is 0. The summed E-state index contributed by atoms with van der Waals surface area (Å²) in [6.07, 6.45) is 0. The molecular formula is C14H23NO2. The summed E-state index contributed by atoms with van der Waals surface area (Å²) in [7, 11) is 0. The molecule has 0 fully saturated rings. The Kier molecular flexibility index (Phi) is 3.80. The second-order valence-electron chi connectivity index (χ2n) is 6.10. The van der Waals surface area contributed by atoms with E-state index in [2.05, 4.69) is 39.6 Å². The molecule has 3 nitrogen and oxygen atoms in total. The van der Waals surface area contributed by atoms with Crippen molar-refractivity contribution in [2.24, 2.45) is 11.3 Å². The highest BCUT2D eigenvalue weighted by molar-refractivity contribution is 5.92. The highest BCUT2D eigenvalue weighted by Gasteiger charge is 2.33. The Morgan fingerprint density at radius 2 is 1.82 bits per heavy atom. The molecule has 0 bridgehead atoms. The third-order valence-corrected chi connectivity index (χ3v) is 3.01. The Bertz CT molecular complexity index is 410. The number of carbonyl (C=O) groups is 1. The summed E-state index contributed by atoms with van der Waals surface area (Å²) in [6.45, 7) is 14.1. The van der Waals surface area contributed by atoms with E-state index in [1.807, 2.05) is 0 Å². The zero-order chi connectivity index (χ0) is 13.4. The van der Waals surface area contributed by atoms with Crippen LogP contribution in [0.3, 0.4) is 0 Å². The fourth-order valence-electron chi connectivity index (χ4n) is 2.53. The smallest absolute Gasteiger partial charge is 0.198 e. The molecule has 0 aromatic carbocycles. The maximum Gasteiger partial charge on any atom is 0.198 e. The molecule has 1 unspecified atom stereocenters. The summed E-state index contributed by atoms with van der Waals surface area (Å²) in [4.78, 5) is 15.8. The van der Waals surface area contributed by atoms with E-state index >= 15 is 0 Å². The van der Waals surface area contributed by atoms with Gasteiger partial charge in [-0.2, -0.15) is 0 Å². The molecule has 1 atom stereocenters. The van der Waals surface area contributed by atoms with Crippen molar-refractivity contribution in [3.05, 3.63) is 17.3 Å². The Morgan fingerprint density at radius 1 is 1.29 bits per heavy atom. The lowest BCUT2D eigenvalue weighted by Gasteiger charge is -2.31. The van der Waals surface area contributed by atoms with Crippen LogP contribution in [0.15, 0.2) is 4.42 Å². The van der Waals surface area contributed by atoms with Crippen LogP contribution in [-0.4, -0.2) is 10.8 Å². The quantitative estimate of drug-likeness (QED) is 0.747. The van der Waals surface area contributed by atoms with Crippen molar-refractivity contribution in [3.8, 4) is 0 Å². The Hall–Kier alpha value is -1.12. The van der Waals surface area contributed by atoms with Gasteiger partial charge in [-0.25, -0.2) is 4.98 Å². The molecule has 1 aromatic heterocycles. The molecule has 0 saturated heterocycles. The van der Waals surface area contributed by atoms with Gasteiger partial charge in [0, 0.05) is 12.8 Å². The fourth-order valence-corrected chi connectivity index (χ4v) is 2.53. The molecule has 96 valence electrons. The number of nitrogens with zero attached hydrogens (tertiary/aromatic N) is 1. The molecule has 3 heteroatoms. The minimum Gasteiger partial charge on any atom is -0.445 e. The average molecular weight is 237 g/mol. The third kappa shape index (κ3) is 2.96. The van der Waals surface area contributed by atoms with Gasteiger partial charge in [-0.15, -0.1) is 0 Å². The molecule has 0 aliphatic carbocycles. The lowest BCUT2D eigenvalue weighted by Crippen LogP contribution is -2.23. The zero-order valence-corrected chi connectivity index (χ0v) is 11.9. The van der Waals surface area contributed by atoms with Crippen molar-refractivity contribution < 1.29 is 9.21 Å². The topological polar surface area (TPSA) is 43.1 Å². The van der Waals surface area contributed by atoms with Crippen LogP contribution < -0.4 is 0 Å². The van der Waals surface area contributed by atoms with E-state index < -0.39 is 0 Å². The van der Waals surface area contributed by atoms with Gasteiger partial charge in [0.2, 0.25) is 0 Å². The van der Waals surface area contributed by atoms with Gasteiger partial charge in [0.25, 0.3) is 0 Å². The number of aromatic nitrogens is 1. The monoisotopic (exact) mass is 237 g/mol. The molecule has 0 radical (unpaired) electrons. The first-order valence-corrected chi connectivity index (χ1v) is 6.12. The number of aryl methyl sites for hydroxylation is 1. The Labute approximate surface area is 104 Å². The van der Waals surface area contributed by atoms with Gasteiger partial charge >= 0.3 is 0 Å². The van der Waals surface area contributed by atoms with Crippen LogP contribution in [0.5, 0.6) is 0 Å². The Morgan fingerprint density at radius 3 is 2.12 bits per heavy atom. The summed E-state index contributed by atoms with van der Waals surface area (Å²) in [5.74, 6) is 1.92. The molecule has 1 heterocycles. The molecular weight excluding hydrogens is 214 g/mol. The molecule has 17 heavy (non-hydrogen) atoms. The maximum absolute atomic E-state index is 11.4. The summed E-state index contributed by atoms with van der Waals surface area (Å²) < 4.78 is 5.69. The zero-order valence-electron chi connectivity index (χ0n) is 11.9. The van der Waals surface area contributed by atoms with Crippen molar-refractivity contribution in [2.75, 3.05) is 0 Å². The minimum atomic E-state index is -0.0334. The molecule has 0 aliphatic heterocycles. The second kappa shape index (κ2) is 4.63. The predicted octanol–water partition coefficient (Wildman–Crippen LogP) is 3.97. The van der Waals surface area contributed by atoms with Crippen LogP contribution in [0.4, 0.5) is 0 Å². The van der Waals surface area contributed by atoms with Crippen LogP contribution in [0, 0.1) is 18.3 Å². The first-order valence-electron chi connectivity index (χ1n) is 6.12. The molecule has 0 aliphatic rings. The number of hydrogen-bond donors (Lipinski definition) is 0. The molecule has 0 spiro atoms. The summed E-state index contributed by atoms with van der Waals surface area (Å²) in [5.41, 5.74) is 0.536. The molecule has 0 saturated carbocycles. The highest BCUT2D eigenvalue weighted by Crippen LogP contribution is 2.40. The van der Waals surface area contributed by atoms with E-state index in [0.717, 1.165) is 0 Å². The fraction of sp³-hybridized carbons (Fsp3) is 0.714. The molecule has 0 amide bonds. The lowest BCUT2D eigenvalue weighted by molar-refractivity contribution is 0.101. The molecule has 1 rings (SSSR count). The molecule has 1 aromatic rings. The summed E-state index contributed by atoms with van der Waals surface area (Å²) in [5, 5.41) is 0. The van der Waals surface area contributed by atoms with Crippen molar-refractivity contribution in [1.82, 2.24) is 4.98 Å². The number of ketones is 1. The van der Waals surface area contributed by atoms with Crippen molar-refractivity contribution in [3.63, 3.8) is 0 Å². The largest absolute Gasteiger partial charge is 0.445 e. The normalized spacial score (nSPS) is 14.1. The highest BCUT2D eigenvalue weighted by atomic mass is 16.4. The third-order valence-electron chi connectivity index (χ3n) is 3.01. The first kappa shape index (κ1) is 13.9. The number of hydrogen-bond acceptors (Lipinski definition) is 3. The van der Waals surface area contributed by atoms with Gasteiger partial charge in [-0.05, 0) is 18.3 Å². The predicted molar refractivity (Wildman–Crippen MR) is 68.3 cm³/mol. The summed E-state index contributed by atoms with van der Waals surface area (Å²) >= 11 is 0.